The molecule has 0 bridgehead atoms. The van der Waals surface area contributed by atoms with Gasteiger partial charge in [-0.05, 0) is 37.1 Å². The average molecular weight is 473 g/mol. The van der Waals surface area contributed by atoms with Gasteiger partial charge in [0.15, 0.2) is 11.0 Å². The van der Waals surface area contributed by atoms with E-state index in [4.69, 9.17) is 4.74 Å². The molecule has 1 amide bonds. The van der Waals surface area contributed by atoms with Crippen molar-refractivity contribution < 1.29 is 9.53 Å². The molecule has 0 fully saturated rings. The molecule has 174 valence electrons. The van der Waals surface area contributed by atoms with E-state index in [1.54, 1.807) is 0 Å². The largest absolute Gasteiger partial charge is 0.374 e. The Kier molecular flexibility index (Phi) is 8.12. The Morgan fingerprint density at radius 2 is 1.56 bits per heavy atom. The maximum Gasteiger partial charge on any atom is 0.230 e. The summed E-state index contributed by atoms with van der Waals surface area (Å²) in [5.74, 6) is 0.923. The molecule has 0 aliphatic carbocycles. The lowest BCUT2D eigenvalue weighted by Crippen LogP contribution is -2.25. The van der Waals surface area contributed by atoms with Gasteiger partial charge in [-0.25, -0.2) is 0 Å². The number of hydrogen-bond donors (Lipinski definition) is 1. The summed E-state index contributed by atoms with van der Waals surface area (Å²) in [6.07, 6.45) is 0.154. The summed E-state index contributed by atoms with van der Waals surface area (Å²) in [6, 6.07) is 27.9. The third kappa shape index (κ3) is 6.12. The van der Waals surface area contributed by atoms with Gasteiger partial charge in [0.25, 0.3) is 0 Å². The van der Waals surface area contributed by atoms with E-state index in [1.165, 1.54) is 11.8 Å². The van der Waals surface area contributed by atoms with Crippen molar-refractivity contribution in [3.63, 3.8) is 0 Å². The molecule has 0 atom stereocenters. The Hall–Kier alpha value is -3.42. The smallest absolute Gasteiger partial charge is 0.230 e. The Bertz CT molecular complexity index is 1210. The van der Waals surface area contributed by atoms with Crippen molar-refractivity contribution in [3.05, 3.63) is 96.1 Å². The maximum atomic E-state index is 12.7. The second-order valence-electron chi connectivity index (χ2n) is 8.04. The van der Waals surface area contributed by atoms with Gasteiger partial charge in [0, 0.05) is 17.8 Å². The zero-order chi connectivity index (χ0) is 23.8. The number of amides is 1. The van der Waals surface area contributed by atoms with Crippen LogP contribution in [0.4, 0.5) is 0 Å². The molecule has 7 heteroatoms. The molecule has 34 heavy (non-hydrogen) atoms. The van der Waals surface area contributed by atoms with Crippen LogP contribution in [0.5, 0.6) is 0 Å². The van der Waals surface area contributed by atoms with Gasteiger partial charge in [0.1, 0.15) is 0 Å². The minimum atomic E-state index is -0.0616. The van der Waals surface area contributed by atoms with Crippen molar-refractivity contribution in [2.45, 2.75) is 38.3 Å². The van der Waals surface area contributed by atoms with Crippen LogP contribution in [0.15, 0.2) is 90.1 Å². The lowest BCUT2D eigenvalue weighted by Gasteiger charge is -2.13. The normalized spacial score (nSPS) is 11.0. The second-order valence-corrected chi connectivity index (χ2v) is 8.98. The Balaban J connectivity index is 1.44. The molecular weight excluding hydrogens is 444 g/mol. The molecule has 0 aliphatic rings. The number of rotatable bonds is 10. The predicted molar refractivity (Wildman–Crippen MR) is 136 cm³/mol. The van der Waals surface area contributed by atoms with Gasteiger partial charge in [-0.3, -0.25) is 9.36 Å². The fourth-order valence-electron chi connectivity index (χ4n) is 3.45. The zero-order valence-corrected chi connectivity index (χ0v) is 20.2. The highest BCUT2D eigenvalue weighted by molar-refractivity contribution is 7.99. The van der Waals surface area contributed by atoms with Gasteiger partial charge < -0.3 is 10.1 Å². The molecule has 0 radical (unpaired) electrons. The minimum Gasteiger partial charge on any atom is -0.374 e. The number of aromatic nitrogens is 3. The first-order valence-corrected chi connectivity index (χ1v) is 12.2. The van der Waals surface area contributed by atoms with Crippen molar-refractivity contribution in [2.75, 3.05) is 5.75 Å². The molecule has 0 aliphatic heterocycles. The van der Waals surface area contributed by atoms with Crippen LogP contribution in [0.25, 0.3) is 17.1 Å². The minimum absolute atomic E-state index is 0.0616. The lowest BCUT2D eigenvalue weighted by molar-refractivity contribution is -0.118. The summed E-state index contributed by atoms with van der Waals surface area (Å²) in [7, 11) is 0. The van der Waals surface area contributed by atoms with Crippen LogP contribution >= 0.6 is 11.8 Å². The molecule has 0 saturated carbocycles. The Labute approximate surface area is 204 Å². The molecule has 0 spiro atoms. The molecular formula is C27H28N4O2S. The molecule has 3 aromatic carbocycles. The number of nitrogens with zero attached hydrogens (tertiary/aromatic N) is 3. The van der Waals surface area contributed by atoms with Crippen LogP contribution < -0.4 is 5.32 Å². The number of ether oxygens (including phenoxy) is 1. The third-order valence-corrected chi connectivity index (χ3v) is 6.11. The number of nitrogens with one attached hydrogen (secondary N) is 1. The van der Waals surface area contributed by atoms with E-state index in [9.17, 15) is 4.79 Å². The lowest BCUT2D eigenvalue weighted by atomic mass is 10.1. The van der Waals surface area contributed by atoms with E-state index < -0.39 is 0 Å². The fourth-order valence-corrected chi connectivity index (χ4v) is 4.23. The molecule has 0 saturated heterocycles. The monoisotopic (exact) mass is 472 g/mol. The van der Waals surface area contributed by atoms with Gasteiger partial charge in [0.2, 0.25) is 5.91 Å². The van der Waals surface area contributed by atoms with E-state index in [-0.39, 0.29) is 17.8 Å². The highest BCUT2D eigenvalue weighted by Gasteiger charge is 2.17. The number of thioether (sulfide) groups is 1. The van der Waals surface area contributed by atoms with E-state index >= 15 is 0 Å². The number of carbonyl (C=O) groups excluding carboxylic acids is 1. The molecule has 1 N–H and O–H groups in total. The summed E-state index contributed by atoms with van der Waals surface area (Å²) in [6.45, 7) is 5.01. The highest BCUT2D eigenvalue weighted by atomic mass is 32.2. The van der Waals surface area contributed by atoms with Crippen LogP contribution in [0.2, 0.25) is 0 Å². The van der Waals surface area contributed by atoms with Gasteiger partial charge in [-0.2, -0.15) is 0 Å². The molecule has 0 unspecified atom stereocenters. The average Bonchev–Trinajstić information content (AvgIpc) is 3.30. The molecule has 1 heterocycles. The van der Waals surface area contributed by atoms with E-state index in [0.29, 0.717) is 18.3 Å². The first-order valence-electron chi connectivity index (χ1n) is 11.3. The number of carbonyl (C=O) groups is 1. The topological polar surface area (TPSA) is 69.0 Å². The second kappa shape index (κ2) is 11.6. The Morgan fingerprint density at radius 1 is 0.912 bits per heavy atom. The summed E-state index contributed by atoms with van der Waals surface area (Å²) in [4.78, 5) is 12.7. The highest BCUT2D eigenvalue weighted by Crippen LogP contribution is 2.27. The van der Waals surface area contributed by atoms with Crippen molar-refractivity contribution in [1.29, 1.82) is 0 Å². The first kappa shape index (κ1) is 23.7. The van der Waals surface area contributed by atoms with Crippen molar-refractivity contribution in [2.24, 2.45) is 0 Å². The molecule has 1 aromatic heterocycles. The van der Waals surface area contributed by atoms with Crippen molar-refractivity contribution in [3.8, 4) is 17.1 Å². The van der Waals surface area contributed by atoms with Crippen LogP contribution in [0.1, 0.15) is 25.0 Å². The van der Waals surface area contributed by atoms with Gasteiger partial charge >= 0.3 is 0 Å². The van der Waals surface area contributed by atoms with Crippen molar-refractivity contribution >= 4 is 17.7 Å². The van der Waals surface area contributed by atoms with Crippen LogP contribution in [-0.2, 0) is 22.7 Å². The van der Waals surface area contributed by atoms with Crippen LogP contribution in [0, 0.1) is 0 Å². The van der Waals surface area contributed by atoms with Crippen molar-refractivity contribution in [1.82, 2.24) is 20.1 Å². The first-order chi connectivity index (χ1) is 16.6. The predicted octanol–water partition coefficient (Wildman–Crippen LogP) is 5.27. The SMILES string of the molecule is CC(C)OCc1ccccc1CNC(=O)CSc1nnc(-c2ccccc2)n1-c1ccccc1. The van der Waals surface area contributed by atoms with Gasteiger partial charge in [-0.15, -0.1) is 10.2 Å². The zero-order valence-electron chi connectivity index (χ0n) is 19.3. The van der Waals surface area contributed by atoms with Crippen LogP contribution in [-0.4, -0.2) is 32.5 Å². The summed E-state index contributed by atoms with van der Waals surface area (Å²) < 4.78 is 7.73. The number of hydrogen-bond acceptors (Lipinski definition) is 5. The van der Waals surface area contributed by atoms with E-state index in [0.717, 1.165) is 28.2 Å². The third-order valence-electron chi connectivity index (χ3n) is 5.18. The Morgan fingerprint density at radius 3 is 2.26 bits per heavy atom. The molecule has 4 aromatic rings. The number of para-hydroxylation sites is 1. The maximum absolute atomic E-state index is 12.7. The fraction of sp³-hybridized carbons (Fsp3) is 0.222. The summed E-state index contributed by atoms with van der Waals surface area (Å²) >= 11 is 1.37. The quantitative estimate of drug-likeness (QED) is 0.319. The summed E-state index contributed by atoms with van der Waals surface area (Å²) in [5, 5.41) is 12.5. The van der Waals surface area contributed by atoms with Crippen LogP contribution in [0.3, 0.4) is 0 Å². The molecule has 4 rings (SSSR count). The van der Waals surface area contributed by atoms with Gasteiger partial charge in [-0.1, -0.05) is 84.6 Å². The van der Waals surface area contributed by atoms with Gasteiger partial charge in [0.05, 0.1) is 18.5 Å². The standard InChI is InChI=1S/C27H28N4O2S/c1-20(2)33-18-23-14-10-9-13-22(23)17-28-25(32)19-34-27-30-29-26(21-11-5-3-6-12-21)31(27)24-15-7-4-8-16-24/h3-16,20H,17-19H2,1-2H3,(H,28,32). The molecule has 6 nitrogen and oxygen atoms in total. The number of benzene rings is 3. The summed E-state index contributed by atoms with van der Waals surface area (Å²) in [5.41, 5.74) is 4.06. The van der Waals surface area contributed by atoms with E-state index in [1.807, 2.05) is 103 Å². The van der Waals surface area contributed by atoms with E-state index in [2.05, 4.69) is 15.5 Å².